The number of carboxylic acids is 1. The summed E-state index contributed by atoms with van der Waals surface area (Å²) in [6.45, 7) is 1.97. The molecular weight excluding hydrogens is 260 g/mol. The van der Waals surface area contributed by atoms with E-state index >= 15 is 0 Å². The normalized spacial score (nSPS) is 11.5. The van der Waals surface area contributed by atoms with Gasteiger partial charge in [-0.1, -0.05) is 31.9 Å². The highest BCUT2D eigenvalue weighted by Gasteiger charge is 2.19. The van der Waals surface area contributed by atoms with E-state index in [1.54, 1.807) is 24.3 Å². The summed E-state index contributed by atoms with van der Waals surface area (Å²) in [4.78, 5) is 22.9. The third-order valence-corrected chi connectivity index (χ3v) is 2.80. The average molecular weight is 280 g/mol. The van der Waals surface area contributed by atoms with Crippen molar-refractivity contribution in [3.05, 3.63) is 24.3 Å². The van der Waals surface area contributed by atoms with Crippen LogP contribution in [-0.4, -0.2) is 30.3 Å². The Morgan fingerprint density at radius 2 is 2.05 bits per heavy atom. The number of urea groups is 1. The Balaban J connectivity index is 2.63. The Labute approximate surface area is 118 Å². The van der Waals surface area contributed by atoms with Gasteiger partial charge in [0.05, 0.1) is 12.8 Å². The zero-order valence-electron chi connectivity index (χ0n) is 11.7. The first kappa shape index (κ1) is 15.8. The van der Waals surface area contributed by atoms with Crippen LogP contribution in [0, 0.1) is 0 Å². The van der Waals surface area contributed by atoms with Crippen LogP contribution in [-0.2, 0) is 4.79 Å². The number of amides is 2. The number of carboxylic acid groups (broad SMARTS) is 1. The third kappa shape index (κ3) is 4.79. The van der Waals surface area contributed by atoms with Crippen molar-refractivity contribution in [1.29, 1.82) is 0 Å². The molecule has 6 nitrogen and oxygen atoms in total. The lowest BCUT2D eigenvalue weighted by molar-refractivity contribution is -0.139. The van der Waals surface area contributed by atoms with Crippen LogP contribution < -0.4 is 15.4 Å². The van der Waals surface area contributed by atoms with E-state index in [1.807, 2.05) is 6.92 Å². The lowest BCUT2D eigenvalue weighted by Gasteiger charge is -2.15. The average Bonchev–Trinajstić information content (AvgIpc) is 2.43. The fraction of sp³-hybridized carbons (Fsp3) is 0.429. The first-order valence-corrected chi connectivity index (χ1v) is 6.51. The Morgan fingerprint density at radius 3 is 2.65 bits per heavy atom. The van der Waals surface area contributed by atoms with Gasteiger partial charge in [0.2, 0.25) is 0 Å². The van der Waals surface area contributed by atoms with E-state index in [0.29, 0.717) is 17.9 Å². The Kier molecular flexibility index (Phi) is 6.36. The van der Waals surface area contributed by atoms with E-state index in [1.165, 1.54) is 7.11 Å². The molecule has 0 heterocycles. The molecular formula is C14H20N2O4. The van der Waals surface area contributed by atoms with Gasteiger partial charge in [0.1, 0.15) is 11.8 Å². The highest BCUT2D eigenvalue weighted by atomic mass is 16.5. The Bertz CT molecular complexity index is 462. The number of nitrogens with one attached hydrogen (secondary N) is 2. The molecule has 0 bridgehead atoms. The minimum atomic E-state index is -1.03. The monoisotopic (exact) mass is 280 g/mol. The second kappa shape index (κ2) is 8.04. The molecule has 1 aromatic carbocycles. The number of aliphatic carboxylic acids is 1. The lowest BCUT2D eigenvalue weighted by atomic mass is 10.1. The first-order chi connectivity index (χ1) is 9.58. The number of unbranched alkanes of at least 4 members (excludes halogenated alkanes) is 1. The molecule has 6 heteroatoms. The molecule has 110 valence electrons. The van der Waals surface area contributed by atoms with Gasteiger partial charge in [0.15, 0.2) is 0 Å². The van der Waals surface area contributed by atoms with E-state index in [9.17, 15) is 9.59 Å². The number of hydrogen-bond acceptors (Lipinski definition) is 3. The zero-order chi connectivity index (χ0) is 15.0. The maximum Gasteiger partial charge on any atom is 0.326 e. The topological polar surface area (TPSA) is 87.7 Å². The van der Waals surface area contributed by atoms with Gasteiger partial charge in [0, 0.05) is 0 Å². The van der Waals surface area contributed by atoms with Crippen molar-refractivity contribution in [2.45, 2.75) is 32.2 Å². The molecule has 0 aliphatic heterocycles. The van der Waals surface area contributed by atoms with Crippen molar-refractivity contribution in [3.8, 4) is 5.75 Å². The number of hydrogen-bond donors (Lipinski definition) is 3. The van der Waals surface area contributed by atoms with E-state index in [0.717, 1.165) is 12.8 Å². The predicted octanol–water partition coefficient (Wildman–Crippen LogP) is 2.46. The summed E-state index contributed by atoms with van der Waals surface area (Å²) < 4.78 is 5.10. The fourth-order valence-electron chi connectivity index (χ4n) is 1.73. The molecule has 1 rings (SSSR count). The summed E-state index contributed by atoms with van der Waals surface area (Å²) in [7, 11) is 1.50. The van der Waals surface area contributed by atoms with Crippen LogP contribution in [0.25, 0.3) is 0 Å². The molecule has 0 spiro atoms. The highest BCUT2D eigenvalue weighted by Crippen LogP contribution is 2.22. The van der Waals surface area contributed by atoms with Crippen molar-refractivity contribution < 1.29 is 19.4 Å². The number of carbonyl (C=O) groups is 2. The number of para-hydroxylation sites is 2. The predicted molar refractivity (Wildman–Crippen MR) is 76.1 cm³/mol. The minimum Gasteiger partial charge on any atom is -0.495 e. The molecule has 20 heavy (non-hydrogen) atoms. The van der Waals surface area contributed by atoms with E-state index in [2.05, 4.69) is 10.6 Å². The minimum absolute atomic E-state index is 0.408. The van der Waals surface area contributed by atoms with Gasteiger partial charge in [-0.25, -0.2) is 9.59 Å². The number of methoxy groups -OCH3 is 1. The second-order valence-electron chi connectivity index (χ2n) is 4.33. The fourth-order valence-corrected chi connectivity index (χ4v) is 1.73. The van der Waals surface area contributed by atoms with Crippen LogP contribution >= 0.6 is 0 Å². The molecule has 1 aromatic rings. The van der Waals surface area contributed by atoms with E-state index in [4.69, 9.17) is 9.84 Å². The summed E-state index contributed by atoms with van der Waals surface area (Å²) >= 11 is 0. The maximum absolute atomic E-state index is 11.8. The molecule has 0 aliphatic rings. The smallest absolute Gasteiger partial charge is 0.326 e. The van der Waals surface area contributed by atoms with Gasteiger partial charge in [-0.05, 0) is 18.6 Å². The van der Waals surface area contributed by atoms with Gasteiger partial charge in [-0.3, -0.25) is 0 Å². The molecule has 3 N–H and O–H groups in total. The maximum atomic E-state index is 11.8. The molecule has 0 saturated heterocycles. The summed E-state index contributed by atoms with van der Waals surface area (Å²) in [5.41, 5.74) is 0.493. The van der Waals surface area contributed by atoms with Crippen molar-refractivity contribution >= 4 is 17.7 Å². The van der Waals surface area contributed by atoms with Gasteiger partial charge in [0.25, 0.3) is 0 Å². The SMILES string of the molecule is CCCCC(NC(=O)Nc1ccccc1OC)C(=O)O. The van der Waals surface area contributed by atoms with Gasteiger partial charge in [-0.2, -0.15) is 0 Å². The largest absolute Gasteiger partial charge is 0.495 e. The molecule has 0 fully saturated rings. The standard InChI is InChI=1S/C14H20N2O4/c1-3-4-7-11(13(17)18)16-14(19)15-10-8-5-6-9-12(10)20-2/h5-6,8-9,11H,3-4,7H2,1-2H3,(H,17,18)(H2,15,16,19). The number of anilines is 1. The molecule has 0 aromatic heterocycles. The van der Waals surface area contributed by atoms with Gasteiger partial charge >= 0.3 is 12.0 Å². The zero-order valence-corrected chi connectivity index (χ0v) is 11.7. The molecule has 2 amide bonds. The number of ether oxygens (including phenoxy) is 1. The molecule has 0 radical (unpaired) electrons. The van der Waals surface area contributed by atoms with Crippen LogP contribution in [0.3, 0.4) is 0 Å². The van der Waals surface area contributed by atoms with Crippen LogP contribution in [0.5, 0.6) is 5.75 Å². The van der Waals surface area contributed by atoms with Crippen molar-refractivity contribution in [2.24, 2.45) is 0 Å². The lowest BCUT2D eigenvalue weighted by Crippen LogP contribution is -2.43. The van der Waals surface area contributed by atoms with Crippen LogP contribution in [0.2, 0.25) is 0 Å². The van der Waals surface area contributed by atoms with Crippen LogP contribution in [0.15, 0.2) is 24.3 Å². The molecule has 1 unspecified atom stereocenters. The molecule has 1 atom stereocenters. The summed E-state index contributed by atoms with van der Waals surface area (Å²) in [5.74, 6) is -0.517. The Morgan fingerprint density at radius 1 is 1.35 bits per heavy atom. The first-order valence-electron chi connectivity index (χ1n) is 6.51. The van der Waals surface area contributed by atoms with Crippen molar-refractivity contribution in [1.82, 2.24) is 5.32 Å². The van der Waals surface area contributed by atoms with Gasteiger partial charge < -0.3 is 20.5 Å². The summed E-state index contributed by atoms with van der Waals surface area (Å²) in [6.07, 6.45) is 2.02. The molecule has 0 aliphatic carbocycles. The number of carbonyl (C=O) groups excluding carboxylic acids is 1. The highest BCUT2D eigenvalue weighted by molar-refractivity contribution is 5.93. The quantitative estimate of drug-likeness (QED) is 0.716. The second-order valence-corrected chi connectivity index (χ2v) is 4.33. The molecule has 0 saturated carbocycles. The van der Waals surface area contributed by atoms with E-state index in [-0.39, 0.29) is 0 Å². The number of rotatable bonds is 7. The summed E-state index contributed by atoms with van der Waals surface area (Å²) in [6, 6.07) is 5.48. The van der Waals surface area contributed by atoms with Crippen molar-refractivity contribution in [3.63, 3.8) is 0 Å². The third-order valence-electron chi connectivity index (χ3n) is 2.80. The van der Waals surface area contributed by atoms with Crippen molar-refractivity contribution in [2.75, 3.05) is 12.4 Å². The van der Waals surface area contributed by atoms with Crippen LogP contribution in [0.4, 0.5) is 10.5 Å². The summed E-state index contributed by atoms with van der Waals surface area (Å²) in [5, 5.41) is 14.1. The Hall–Kier alpha value is -2.24. The van der Waals surface area contributed by atoms with E-state index < -0.39 is 18.0 Å². The van der Waals surface area contributed by atoms with Crippen LogP contribution in [0.1, 0.15) is 26.2 Å². The number of benzene rings is 1. The van der Waals surface area contributed by atoms with Gasteiger partial charge in [-0.15, -0.1) is 0 Å².